The molecule has 1 aromatic carbocycles. The first-order valence-electron chi connectivity index (χ1n) is 5.85. The van der Waals surface area contributed by atoms with Crippen LogP contribution in [0, 0.1) is 0 Å². The number of ether oxygens (including phenoxy) is 2. The van der Waals surface area contributed by atoms with Gasteiger partial charge < -0.3 is 20.5 Å². The first-order valence-corrected chi connectivity index (χ1v) is 7.74. The van der Waals surface area contributed by atoms with Crippen molar-refractivity contribution in [2.45, 2.75) is 4.90 Å². The zero-order chi connectivity index (χ0) is 14.3. The largest absolute Gasteiger partial charge is 0.397 e. The highest BCUT2D eigenvalue weighted by atomic mass is 32.2. The van der Waals surface area contributed by atoms with Crippen molar-refractivity contribution in [3.8, 4) is 0 Å². The predicted octanol–water partition coefficient (Wildman–Crippen LogP) is 0.747. The molecule has 0 fully saturated rings. The van der Waals surface area contributed by atoms with Crippen LogP contribution in [0.25, 0.3) is 0 Å². The van der Waals surface area contributed by atoms with Gasteiger partial charge in [0.25, 0.3) is 0 Å². The molecule has 7 heteroatoms. The van der Waals surface area contributed by atoms with Crippen molar-refractivity contribution in [3.63, 3.8) is 0 Å². The van der Waals surface area contributed by atoms with Crippen molar-refractivity contribution >= 4 is 21.2 Å². The molecule has 19 heavy (non-hydrogen) atoms. The maximum atomic E-state index is 11.3. The summed E-state index contributed by atoms with van der Waals surface area (Å²) in [5, 5.41) is 3.08. The topological polar surface area (TPSA) is 90.6 Å². The summed E-state index contributed by atoms with van der Waals surface area (Å²) in [5.41, 5.74) is 6.89. The zero-order valence-electron chi connectivity index (χ0n) is 11.2. The Kier molecular flexibility index (Phi) is 6.07. The molecule has 0 bridgehead atoms. The van der Waals surface area contributed by atoms with Gasteiger partial charge in [-0.25, -0.2) is 8.42 Å². The van der Waals surface area contributed by atoms with Gasteiger partial charge in [-0.2, -0.15) is 0 Å². The number of nitrogen functional groups attached to an aromatic ring is 1. The van der Waals surface area contributed by atoms with Crippen LogP contribution in [-0.4, -0.2) is 48.1 Å². The maximum Gasteiger partial charge on any atom is 0.175 e. The van der Waals surface area contributed by atoms with Crippen LogP contribution in [0.5, 0.6) is 0 Å². The number of hydrogen-bond acceptors (Lipinski definition) is 6. The normalized spacial score (nSPS) is 11.5. The number of sulfone groups is 1. The molecule has 0 unspecified atom stereocenters. The van der Waals surface area contributed by atoms with Crippen molar-refractivity contribution in [1.29, 1.82) is 0 Å². The second-order valence-electron chi connectivity index (χ2n) is 4.05. The highest BCUT2D eigenvalue weighted by Gasteiger charge is 2.09. The molecule has 0 aliphatic rings. The quantitative estimate of drug-likeness (QED) is 0.542. The highest BCUT2D eigenvalue weighted by Crippen LogP contribution is 2.22. The molecule has 0 aliphatic carbocycles. The van der Waals surface area contributed by atoms with Crippen LogP contribution in [0.2, 0.25) is 0 Å². The lowest BCUT2D eigenvalue weighted by molar-refractivity contribution is 0.0759. The highest BCUT2D eigenvalue weighted by molar-refractivity contribution is 7.90. The van der Waals surface area contributed by atoms with Gasteiger partial charge in [-0.15, -0.1) is 0 Å². The van der Waals surface area contributed by atoms with Gasteiger partial charge in [-0.05, 0) is 18.2 Å². The number of nitrogens with one attached hydrogen (secondary N) is 1. The monoisotopic (exact) mass is 288 g/mol. The molecule has 0 amide bonds. The minimum atomic E-state index is -3.22. The Morgan fingerprint density at radius 1 is 1.26 bits per heavy atom. The summed E-state index contributed by atoms with van der Waals surface area (Å²) in [4.78, 5) is 0.215. The average molecular weight is 288 g/mol. The molecule has 0 atom stereocenters. The Labute approximate surface area is 113 Å². The van der Waals surface area contributed by atoms with E-state index in [-0.39, 0.29) is 4.90 Å². The van der Waals surface area contributed by atoms with Crippen molar-refractivity contribution in [2.24, 2.45) is 0 Å². The van der Waals surface area contributed by atoms with Crippen molar-refractivity contribution in [1.82, 2.24) is 0 Å². The van der Waals surface area contributed by atoms with Crippen LogP contribution in [0.15, 0.2) is 23.1 Å². The van der Waals surface area contributed by atoms with Crippen LogP contribution in [0.1, 0.15) is 0 Å². The minimum Gasteiger partial charge on any atom is -0.397 e. The first kappa shape index (κ1) is 15.7. The second-order valence-corrected chi connectivity index (χ2v) is 6.07. The molecule has 108 valence electrons. The lowest BCUT2D eigenvalue weighted by Crippen LogP contribution is -2.13. The number of hydrogen-bond donors (Lipinski definition) is 2. The molecular formula is C12H20N2O4S. The SMILES string of the molecule is COCCOCCNc1ccc(S(C)(=O)=O)cc1N. The molecule has 6 nitrogen and oxygen atoms in total. The second kappa shape index (κ2) is 7.32. The molecule has 3 N–H and O–H groups in total. The summed E-state index contributed by atoms with van der Waals surface area (Å²) in [6.45, 7) is 2.22. The Balaban J connectivity index is 2.47. The molecule has 0 aliphatic heterocycles. The summed E-state index contributed by atoms with van der Waals surface area (Å²) in [7, 11) is -1.61. The Morgan fingerprint density at radius 2 is 2.00 bits per heavy atom. The molecule has 0 radical (unpaired) electrons. The van der Waals surface area contributed by atoms with E-state index in [4.69, 9.17) is 15.2 Å². The van der Waals surface area contributed by atoms with E-state index in [0.717, 1.165) is 6.26 Å². The molecule has 0 saturated heterocycles. The van der Waals surface area contributed by atoms with Gasteiger partial charge in [-0.3, -0.25) is 0 Å². The van der Waals surface area contributed by atoms with Gasteiger partial charge >= 0.3 is 0 Å². The smallest absolute Gasteiger partial charge is 0.175 e. The minimum absolute atomic E-state index is 0.215. The molecule has 1 aromatic rings. The van der Waals surface area contributed by atoms with Crippen LogP contribution < -0.4 is 11.1 Å². The number of benzene rings is 1. The van der Waals surface area contributed by atoms with Crippen molar-refractivity contribution < 1.29 is 17.9 Å². The fourth-order valence-corrected chi connectivity index (χ4v) is 2.09. The first-order chi connectivity index (χ1) is 8.95. The van der Waals surface area contributed by atoms with Crippen molar-refractivity contribution in [2.75, 3.05) is 50.8 Å². The lowest BCUT2D eigenvalue weighted by atomic mass is 10.2. The third-order valence-corrected chi connectivity index (χ3v) is 3.56. The number of rotatable bonds is 8. The summed E-state index contributed by atoms with van der Waals surface area (Å²) < 4.78 is 32.8. The van der Waals surface area contributed by atoms with E-state index in [0.29, 0.717) is 37.7 Å². The summed E-state index contributed by atoms with van der Waals surface area (Å²) in [5.74, 6) is 0. The number of anilines is 2. The van der Waals surface area contributed by atoms with Gasteiger partial charge in [0.1, 0.15) is 0 Å². The summed E-state index contributed by atoms with van der Waals surface area (Å²) in [6, 6.07) is 4.63. The van der Waals surface area contributed by atoms with Gasteiger partial charge in [-0.1, -0.05) is 0 Å². The van der Waals surface area contributed by atoms with Crippen LogP contribution in [0.4, 0.5) is 11.4 Å². The van der Waals surface area contributed by atoms with Crippen LogP contribution >= 0.6 is 0 Å². The molecule has 0 spiro atoms. The van der Waals surface area contributed by atoms with Crippen molar-refractivity contribution in [3.05, 3.63) is 18.2 Å². The predicted molar refractivity (Wildman–Crippen MR) is 75.1 cm³/mol. The number of nitrogens with two attached hydrogens (primary N) is 1. The van der Waals surface area contributed by atoms with E-state index in [2.05, 4.69) is 5.32 Å². The van der Waals surface area contributed by atoms with E-state index in [1.807, 2.05) is 0 Å². The molecular weight excluding hydrogens is 268 g/mol. The van der Waals surface area contributed by atoms with E-state index >= 15 is 0 Å². The van der Waals surface area contributed by atoms with Gasteiger partial charge in [0.15, 0.2) is 9.84 Å². The summed E-state index contributed by atoms with van der Waals surface area (Å²) in [6.07, 6.45) is 1.15. The summed E-state index contributed by atoms with van der Waals surface area (Å²) >= 11 is 0. The van der Waals surface area contributed by atoms with Crippen LogP contribution in [0.3, 0.4) is 0 Å². The average Bonchev–Trinajstić information content (AvgIpc) is 2.34. The molecule has 1 rings (SSSR count). The molecule has 0 aromatic heterocycles. The Morgan fingerprint density at radius 3 is 2.58 bits per heavy atom. The van der Waals surface area contributed by atoms with Gasteiger partial charge in [0.05, 0.1) is 36.1 Å². The Bertz CT molecular complexity index is 502. The maximum absolute atomic E-state index is 11.3. The molecule has 0 heterocycles. The third-order valence-electron chi connectivity index (χ3n) is 2.44. The fourth-order valence-electron chi connectivity index (χ4n) is 1.43. The van der Waals surface area contributed by atoms with Gasteiger partial charge in [0.2, 0.25) is 0 Å². The third kappa shape index (κ3) is 5.46. The fraction of sp³-hybridized carbons (Fsp3) is 0.500. The van der Waals surface area contributed by atoms with E-state index in [9.17, 15) is 8.42 Å². The zero-order valence-corrected chi connectivity index (χ0v) is 12.0. The van der Waals surface area contributed by atoms with E-state index < -0.39 is 9.84 Å². The van der Waals surface area contributed by atoms with E-state index in [1.54, 1.807) is 13.2 Å². The Hall–Kier alpha value is -1.31. The number of methoxy groups -OCH3 is 1. The van der Waals surface area contributed by atoms with Crippen LogP contribution in [-0.2, 0) is 19.3 Å². The van der Waals surface area contributed by atoms with E-state index in [1.165, 1.54) is 12.1 Å². The van der Waals surface area contributed by atoms with Gasteiger partial charge in [0, 0.05) is 19.9 Å². The molecule has 0 saturated carbocycles. The lowest BCUT2D eigenvalue weighted by Gasteiger charge is -2.10. The standard InChI is InChI=1S/C12H20N2O4S/c1-17-7-8-18-6-5-14-12-4-3-10(9-11(12)13)19(2,15)16/h3-4,9,14H,5-8,13H2,1-2H3.